The van der Waals surface area contributed by atoms with Crippen LogP contribution in [0.4, 0.5) is 0 Å². The van der Waals surface area contributed by atoms with Crippen molar-refractivity contribution >= 4 is 13.7 Å². The molecule has 8 nitrogen and oxygen atoms in total. The van der Waals surface area contributed by atoms with E-state index in [1.54, 1.807) is 6.08 Å². The number of amides is 1. The number of quaternary nitrogens is 1. The second kappa shape index (κ2) is 64.2. The zero-order chi connectivity index (χ0) is 59.8. The van der Waals surface area contributed by atoms with E-state index in [1.165, 1.54) is 315 Å². The van der Waals surface area contributed by atoms with Crippen LogP contribution in [0, 0.1) is 0 Å². The minimum absolute atomic E-state index is 0.0641. The highest BCUT2D eigenvalue weighted by molar-refractivity contribution is 7.47. The monoisotopic (exact) mass is 1180 g/mol. The highest BCUT2D eigenvalue weighted by Crippen LogP contribution is 2.43. The highest BCUT2D eigenvalue weighted by atomic mass is 31.2. The molecule has 0 aromatic heterocycles. The molecule has 3 atom stereocenters. The van der Waals surface area contributed by atoms with Gasteiger partial charge in [-0.25, -0.2) is 4.57 Å². The van der Waals surface area contributed by atoms with Crippen LogP contribution >= 0.6 is 7.82 Å². The number of nitrogens with one attached hydrogen (secondary N) is 1. The van der Waals surface area contributed by atoms with Crippen molar-refractivity contribution in [1.82, 2.24) is 5.32 Å². The van der Waals surface area contributed by atoms with E-state index in [4.69, 9.17) is 9.05 Å². The largest absolute Gasteiger partial charge is 0.472 e. The van der Waals surface area contributed by atoms with Gasteiger partial charge in [0.25, 0.3) is 0 Å². The molecule has 0 aliphatic heterocycles. The number of unbranched alkanes of at least 4 members (excludes halogenated alkanes) is 51. The third-order valence-corrected chi connectivity index (χ3v) is 17.8. The molecule has 0 spiro atoms. The van der Waals surface area contributed by atoms with Gasteiger partial charge in [0.15, 0.2) is 0 Å². The van der Waals surface area contributed by atoms with Crippen LogP contribution in [0.25, 0.3) is 0 Å². The van der Waals surface area contributed by atoms with Gasteiger partial charge >= 0.3 is 7.82 Å². The average Bonchev–Trinajstić information content (AvgIpc) is 3.47. The average molecular weight is 1180 g/mol. The van der Waals surface area contributed by atoms with Crippen LogP contribution in [0.15, 0.2) is 36.5 Å². The number of aliphatic hydroxyl groups is 1. The highest BCUT2D eigenvalue weighted by Gasteiger charge is 2.28. The fourth-order valence-corrected chi connectivity index (χ4v) is 11.9. The molecule has 0 aromatic rings. The molecule has 0 saturated carbocycles. The number of carbonyl (C=O) groups is 1. The van der Waals surface area contributed by atoms with E-state index in [0.29, 0.717) is 17.4 Å². The molecule has 0 heterocycles. The molecular formula is C73H144N2O6P+. The van der Waals surface area contributed by atoms with Crippen LogP contribution in [-0.2, 0) is 18.4 Å². The van der Waals surface area contributed by atoms with E-state index in [2.05, 4.69) is 43.5 Å². The van der Waals surface area contributed by atoms with Crippen LogP contribution in [0.2, 0.25) is 0 Å². The summed E-state index contributed by atoms with van der Waals surface area (Å²) in [6.45, 7) is 4.87. The SMILES string of the molecule is CCCCCCC/C=C\C/C=C\CCCCCCCCCCCCCCCCCCCCCCCCCCCC(=O)NC(COP(=O)(O)OCC[N+](C)(C)C)C(O)/C=C/CCCCCCCCCCCCCCCCCCCCCCC. The van der Waals surface area contributed by atoms with Gasteiger partial charge in [-0.15, -0.1) is 0 Å². The Morgan fingerprint density at radius 1 is 0.415 bits per heavy atom. The van der Waals surface area contributed by atoms with E-state index < -0.39 is 20.0 Å². The lowest BCUT2D eigenvalue weighted by atomic mass is 10.0. The molecule has 0 radical (unpaired) electrons. The van der Waals surface area contributed by atoms with Gasteiger partial charge in [-0.05, 0) is 51.4 Å². The van der Waals surface area contributed by atoms with Crippen molar-refractivity contribution in [2.75, 3.05) is 40.9 Å². The third-order valence-electron chi connectivity index (χ3n) is 16.9. The maximum absolute atomic E-state index is 13.1. The Hall–Kier alpha value is -1.28. The first kappa shape index (κ1) is 80.7. The smallest absolute Gasteiger partial charge is 0.387 e. The Morgan fingerprint density at radius 2 is 0.695 bits per heavy atom. The summed E-state index contributed by atoms with van der Waals surface area (Å²) in [5.41, 5.74) is 0. The van der Waals surface area contributed by atoms with E-state index in [9.17, 15) is 19.4 Å². The number of aliphatic hydroxyl groups excluding tert-OH is 1. The van der Waals surface area contributed by atoms with Crippen molar-refractivity contribution in [1.29, 1.82) is 0 Å². The zero-order valence-corrected chi connectivity index (χ0v) is 56.7. The molecule has 3 N–H and O–H groups in total. The molecule has 486 valence electrons. The summed E-state index contributed by atoms with van der Waals surface area (Å²) in [6.07, 6.45) is 85.9. The van der Waals surface area contributed by atoms with E-state index >= 15 is 0 Å². The number of phosphoric ester groups is 1. The molecule has 82 heavy (non-hydrogen) atoms. The van der Waals surface area contributed by atoms with Gasteiger partial charge in [0.2, 0.25) is 5.91 Å². The van der Waals surface area contributed by atoms with Crippen LogP contribution in [0.1, 0.15) is 373 Å². The summed E-state index contributed by atoms with van der Waals surface area (Å²) in [5.74, 6) is -0.168. The van der Waals surface area contributed by atoms with Crippen molar-refractivity contribution in [3.05, 3.63) is 36.5 Å². The number of phosphoric acid groups is 1. The predicted molar refractivity (Wildman–Crippen MR) is 360 cm³/mol. The molecule has 0 rings (SSSR count). The predicted octanol–water partition coefficient (Wildman–Crippen LogP) is 23.2. The number of hydrogen-bond donors (Lipinski definition) is 3. The number of carbonyl (C=O) groups excluding carboxylic acids is 1. The van der Waals surface area contributed by atoms with Crippen LogP contribution < -0.4 is 5.32 Å². The van der Waals surface area contributed by atoms with Crippen molar-refractivity contribution < 1.29 is 32.9 Å². The summed E-state index contributed by atoms with van der Waals surface area (Å²) in [4.78, 5) is 23.4. The fraction of sp³-hybridized carbons (Fsp3) is 0.904. The standard InChI is InChI=1S/C73H143N2O6P/c1-6-8-10-12-14-16-18-20-22-24-26-28-30-31-32-33-34-35-36-37-38-39-40-41-42-43-45-47-49-51-53-55-57-59-61-63-65-67-73(77)74-71(70-81-82(78,79)80-69-68-75(3,4)5)72(76)66-64-62-60-58-56-54-52-50-48-46-44-29-27-25-23-21-19-17-15-13-11-9-7-2/h18,20,24,26,64,66,71-72,76H,6-17,19,21-23,25,27-63,65,67-70H2,1-5H3,(H-,74,77,78,79)/p+1/b20-18-,26-24-,66-64+. The van der Waals surface area contributed by atoms with Crippen LogP contribution in [0.3, 0.4) is 0 Å². The topological polar surface area (TPSA) is 105 Å². The molecular weight excluding hydrogens is 1030 g/mol. The van der Waals surface area contributed by atoms with E-state index in [1.807, 2.05) is 27.2 Å². The first-order chi connectivity index (χ1) is 40.0. The van der Waals surface area contributed by atoms with Crippen molar-refractivity contribution in [3.63, 3.8) is 0 Å². The fourth-order valence-electron chi connectivity index (χ4n) is 11.2. The van der Waals surface area contributed by atoms with Gasteiger partial charge in [0.05, 0.1) is 39.9 Å². The molecule has 9 heteroatoms. The molecule has 1 amide bonds. The van der Waals surface area contributed by atoms with Gasteiger partial charge < -0.3 is 19.8 Å². The summed E-state index contributed by atoms with van der Waals surface area (Å²) in [5, 5.41) is 14.0. The normalized spacial score (nSPS) is 13.8. The molecule has 3 unspecified atom stereocenters. The van der Waals surface area contributed by atoms with Gasteiger partial charge in [-0.1, -0.05) is 352 Å². The molecule has 0 aliphatic carbocycles. The summed E-state index contributed by atoms with van der Waals surface area (Å²) >= 11 is 0. The lowest BCUT2D eigenvalue weighted by Crippen LogP contribution is -2.45. The minimum Gasteiger partial charge on any atom is -0.387 e. The second-order valence-corrected chi connectivity index (χ2v) is 27.8. The lowest BCUT2D eigenvalue weighted by Gasteiger charge is -2.25. The summed E-state index contributed by atoms with van der Waals surface area (Å²) in [6, 6.07) is -0.846. The van der Waals surface area contributed by atoms with Gasteiger partial charge in [0.1, 0.15) is 13.2 Å². The van der Waals surface area contributed by atoms with Crippen molar-refractivity contribution in [2.45, 2.75) is 386 Å². The first-order valence-corrected chi connectivity index (χ1v) is 37.9. The number of hydrogen-bond acceptors (Lipinski definition) is 5. The summed E-state index contributed by atoms with van der Waals surface area (Å²) < 4.78 is 23.8. The van der Waals surface area contributed by atoms with Crippen molar-refractivity contribution in [3.8, 4) is 0 Å². The Bertz CT molecular complexity index is 1430. The van der Waals surface area contributed by atoms with Crippen LogP contribution in [0.5, 0.6) is 0 Å². The Morgan fingerprint density at radius 3 is 1.00 bits per heavy atom. The second-order valence-electron chi connectivity index (χ2n) is 26.3. The van der Waals surface area contributed by atoms with Crippen LogP contribution in [-0.4, -0.2) is 73.4 Å². The molecule has 0 bridgehead atoms. The Labute approximate surface area is 512 Å². The minimum atomic E-state index is -4.35. The maximum Gasteiger partial charge on any atom is 0.472 e. The molecule has 0 aromatic carbocycles. The molecule has 0 saturated heterocycles. The van der Waals surface area contributed by atoms with E-state index in [-0.39, 0.29) is 19.1 Å². The van der Waals surface area contributed by atoms with Gasteiger partial charge in [0, 0.05) is 6.42 Å². The van der Waals surface area contributed by atoms with Gasteiger partial charge in [-0.2, -0.15) is 0 Å². The zero-order valence-electron chi connectivity index (χ0n) is 55.8. The molecule has 0 fully saturated rings. The number of likely N-dealkylation sites (N-methyl/N-ethyl adjacent to an activating group) is 1. The third kappa shape index (κ3) is 66.2. The molecule has 0 aliphatic rings. The Balaban J connectivity index is 3.96. The quantitative estimate of drug-likeness (QED) is 0.0243. The summed E-state index contributed by atoms with van der Waals surface area (Å²) in [7, 11) is 1.59. The number of allylic oxidation sites excluding steroid dienone is 5. The number of nitrogens with zero attached hydrogens (tertiary/aromatic N) is 1. The van der Waals surface area contributed by atoms with Crippen molar-refractivity contribution in [2.24, 2.45) is 0 Å². The lowest BCUT2D eigenvalue weighted by molar-refractivity contribution is -0.870. The first-order valence-electron chi connectivity index (χ1n) is 36.4. The Kier molecular flexibility index (Phi) is 63.2. The number of rotatable bonds is 68. The van der Waals surface area contributed by atoms with Gasteiger partial charge in [-0.3, -0.25) is 13.8 Å². The maximum atomic E-state index is 13.1. The van der Waals surface area contributed by atoms with E-state index in [0.717, 1.165) is 38.5 Å².